The number of nitrogens with zero attached hydrogens (tertiary/aromatic N) is 4. The van der Waals surface area contributed by atoms with Crippen LogP contribution in [0.25, 0.3) is 0 Å². The Morgan fingerprint density at radius 2 is 2.22 bits per heavy atom. The van der Waals surface area contributed by atoms with Crippen LogP contribution < -0.4 is 16.2 Å². The lowest BCUT2D eigenvalue weighted by molar-refractivity contribution is -0.128. The number of nitrogen functional groups attached to an aromatic ring is 1. The van der Waals surface area contributed by atoms with Crippen molar-refractivity contribution in [3.05, 3.63) is 12.3 Å². The molecule has 7 heteroatoms. The van der Waals surface area contributed by atoms with Crippen LogP contribution >= 0.6 is 0 Å². The summed E-state index contributed by atoms with van der Waals surface area (Å²) in [7, 11) is 0. The fourth-order valence-corrected chi connectivity index (χ4v) is 2.06. The van der Waals surface area contributed by atoms with Crippen LogP contribution in [0, 0.1) is 0 Å². The largest absolute Gasteiger partial charge is 0.355 e. The van der Waals surface area contributed by atoms with Crippen molar-refractivity contribution in [2.45, 2.75) is 13.3 Å². The first-order valence-electron chi connectivity index (χ1n) is 6.01. The van der Waals surface area contributed by atoms with Crippen LogP contribution in [0.2, 0.25) is 0 Å². The Kier molecular flexibility index (Phi) is 3.93. The van der Waals surface area contributed by atoms with Crippen LogP contribution in [-0.4, -0.2) is 47.0 Å². The van der Waals surface area contributed by atoms with Crippen molar-refractivity contribution in [3.63, 3.8) is 0 Å². The molecule has 1 aliphatic heterocycles. The monoisotopic (exact) mass is 250 g/mol. The minimum Gasteiger partial charge on any atom is -0.355 e. The smallest absolute Gasteiger partial charge is 0.239 e. The number of nitrogens with two attached hydrogens (primary N) is 1. The maximum atomic E-state index is 11.4. The molecule has 0 saturated carbocycles. The summed E-state index contributed by atoms with van der Waals surface area (Å²) in [6, 6.07) is 1.85. The standard InChI is InChI=1S/C11H18N6O/c1-9(18)16-5-2-6-17(8-7-16)10-3-4-13-11(14-10)15-12/h3-4H,2,5-8,12H2,1H3,(H,13,14,15). The summed E-state index contributed by atoms with van der Waals surface area (Å²) in [5, 5.41) is 0. The summed E-state index contributed by atoms with van der Waals surface area (Å²) in [5.41, 5.74) is 2.44. The summed E-state index contributed by atoms with van der Waals surface area (Å²) < 4.78 is 0. The van der Waals surface area contributed by atoms with E-state index in [9.17, 15) is 4.79 Å². The number of carbonyl (C=O) groups excluding carboxylic acids is 1. The molecule has 0 aromatic carbocycles. The molecule has 2 rings (SSSR count). The third-order valence-electron chi connectivity index (χ3n) is 3.04. The predicted octanol–water partition coefficient (Wildman–Crippen LogP) is -0.179. The third kappa shape index (κ3) is 2.86. The number of rotatable bonds is 2. The van der Waals surface area contributed by atoms with Gasteiger partial charge in [-0.3, -0.25) is 10.2 Å². The van der Waals surface area contributed by atoms with Gasteiger partial charge in [0, 0.05) is 39.3 Å². The van der Waals surface area contributed by atoms with E-state index in [1.165, 1.54) is 0 Å². The maximum Gasteiger partial charge on any atom is 0.239 e. The number of aromatic nitrogens is 2. The quantitative estimate of drug-likeness (QED) is 0.559. The number of carbonyl (C=O) groups is 1. The summed E-state index contributed by atoms with van der Waals surface area (Å²) in [6.45, 7) is 4.80. The van der Waals surface area contributed by atoms with Gasteiger partial charge in [0.05, 0.1) is 0 Å². The molecule has 7 nitrogen and oxygen atoms in total. The topological polar surface area (TPSA) is 87.4 Å². The highest BCUT2D eigenvalue weighted by atomic mass is 16.2. The fraction of sp³-hybridized carbons (Fsp3) is 0.545. The molecule has 0 unspecified atom stereocenters. The minimum atomic E-state index is 0.129. The van der Waals surface area contributed by atoms with Crippen molar-refractivity contribution in [1.29, 1.82) is 0 Å². The van der Waals surface area contributed by atoms with E-state index in [0.717, 1.165) is 38.4 Å². The molecule has 98 valence electrons. The Bertz CT molecular complexity index is 424. The van der Waals surface area contributed by atoms with Gasteiger partial charge < -0.3 is 9.80 Å². The zero-order chi connectivity index (χ0) is 13.0. The first-order chi connectivity index (χ1) is 8.70. The Balaban J connectivity index is 2.07. The average Bonchev–Trinajstić information content (AvgIpc) is 2.64. The van der Waals surface area contributed by atoms with Crippen molar-refractivity contribution >= 4 is 17.7 Å². The molecule has 0 radical (unpaired) electrons. The zero-order valence-electron chi connectivity index (χ0n) is 10.5. The molecule has 1 aliphatic rings. The zero-order valence-corrected chi connectivity index (χ0v) is 10.5. The van der Waals surface area contributed by atoms with Crippen LogP contribution in [-0.2, 0) is 4.79 Å². The van der Waals surface area contributed by atoms with Crippen molar-refractivity contribution in [2.24, 2.45) is 5.84 Å². The molecule has 1 fully saturated rings. The molecular weight excluding hydrogens is 232 g/mol. The number of amides is 1. The van der Waals surface area contributed by atoms with Crippen LogP contribution in [0.1, 0.15) is 13.3 Å². The van der Waals surface area contributed by atoms with E-state index < -0.39 is 0 Å². The molecule has 1 aromatic rings. The van der Waals surface area contributed by atoms with E-state index in [4.69, 9.17) is 5.84 Å². The van der Waals surface area contributed by atoms with Crippen LogP contribution in [0.4, 0.5) is 11.8 Å². The van der Waals surface area contributed by atoms with Crippen molar-refractivity contribution in [2.75, 3.05) is 36.5 Å². The molecule has 1 amide bonds. The Hall–Kier alpha value is -1.89. The highest BCUT2D eigenvalue weighted by molar-refractivity contribution is 5.73. The molecular formula is C11H18N6O. The van der Waals surface area contributed by atoms with E-state index >= 15 is 0 Å². The van der Waals surface area contributed by atoms with Gasteiger partial charge in [-0.05, 0) is 12.5 Å². The van der Waals surface area contributed by atoms with Gasteiger partial charge in [-0.15, -0.1) is 0 Å². The second kappa shape index (κ2) is 5.63. The number of hydrogen-bond donors (Lipinski definition) is 2. The lowest BCUT2D eigenvalue weighted by atomic mass is 10.4. The lowest BCUT2D eigenvalue weighted by Crippen LogP contribution is -2.34. The molecule has 0 spiro atoms. The lowest BCUT2D eigenvalue weighted by Gasteiger charge is -2.22. The maximum absolute atomic E-state index is 11.4. The van der Waals surface area contributed by atoms with E-state index in [2.05, 4.69) is 20.3 Å². The molecule has 1 aromatic heterocycles. The summed E-state index contributed by atoms with van der Waals surface area (Å²) >= 11 is 0. The predicted molar refractivity (Wildman–Crippen MR) is 68.9 cm³/mol. The summed E-state index contributed by atoms with van der Waals surface area (Å²) in [6.07, 6.45) is 2.61. The van der Waals surface area contributed by atoms with Gasteiger partial charge in [-0.1, -0.05) is 0 Å². The molecule has 0 aliphatic carbocycles. The Morgan fingerprint density at radius 1 is 1.39 bits per heavy atom. The van der Waals surface area contributed by atoms with Crippen molar-refractivity contribution < 1.29 is 4.79 Å². The van der Waals surface area contributed by atoms with E-state index in [1.807, 2.05) is 11.0 Å². The van der Waals surface area contributed by atoms with Crippen LogP contribution in [0.15, 0.2) is 12.3 Å². The minimum absolute atomic E-state index is 0.129. The Labute approximate surface area is 106 Å². The van der Waals surface area contributed by atoms with Gasteiger partial charge in [-0.25, -0.2) is 10.8 Å². The molecule has 3 N–H and O–H groups in total. The second-order valence-electron chi connectivity index (χ2n) is 4.23. The normalized spacial score (nSPS) is 16.3. The summed E-state index contributed by atoms with van der Waals surface area (Å²) in [5.74, 6) is 6.66. The highest BCUT2D eigenvalue weighted by Gasteiger charge is 2.17. The fourth-order valence-electron chi connectivity index (χ4n) is 2.06. The molecule has 18 heavy (non-hydrogen) atoms. The number of hydrazine groups is 1. The van der Waals surface area contributed by atoms with Gasteiger partial charge in [-0.2, -0.15) is 4.98 Å². The SMILES string of the molecule is CC(=O)N1CCCN(c2ccnc(NN)n2)CC1. The average molecular weight is 250 g/mol. The second-order valence-corrected chi connectivity index (χ2v) is 4.23. The van der Waals surface area contributed by atoms with Crippen molar-refractivity contribution in [1.82, 2.24) is 14.9 Å². The van der Waals surface area contributed by atoms with Gasteiger partial charge in [0.15, 0.2) is 0 Å². The first kappa shape index (κ1) is 12.6. The summed E-state index contributed by atoms with van der Waals surface area (Å²) in [4.78, 5) is 23.6. The molecule has 2 heterocycles. The van der Waals surface area contributed by atoms with Gasteiger partial charge in [0.2, 0.25) is 11.9 Å². The van der Waals surface area contributed by atoms with E-state index in [1.54, 1.807) is 13.1 Å². The van der Waals surface area contributed by atoms with Gasteiger partial charge >= 0.3 is 0 Å². The Morgan fingerprint density at radius 3 is 2.94 bits per heavy atom. The van der Waals surface area contributed by atoms with E-state index in [0.29, 0.717) is 5.95 Å². The molecule has 0 atom stereocenters. The number of nitrogens with one attached hydrogen (secondary N) is 1. The molecule has 1 saturated heterocycles. The van der Waals surface area contributed by atoms with E-state index in [-0.39, 0.29) is 5.91 Å². The third-order valence-corrected chi connectivity index (χ3v) is 3.04. The number of hydrogen-bond acceptors (Lipinski definition) is 6. The first-order valence-corrected chi connectivity index (χ1v) is 6.01. The van der Waals surface area contributed by atoms with Crippen LogP contribution in [0.3, 0.4) is 0 Å². The van der Waals surface area contributed by atoms with Gasteiger partial charge in [0.1, 0.15) is 5.82 Å². The highest BCUT2D eigenvalue weighted by Crippen LogP contribution is 2.14. The number of anilines is 2. The van der Waals surface area contributed by atoms with Crippen molar-refractivity contribution in [3.8, 4) is 0 Å². The molecule has 0 bridgehead atoms. The van der Waals surface area contributed by atoms with Crippen LogP contribution in [0.5, 0.6) is 0 Å². The van der Waals surface area contributed by atoms with Gasteiger partial charge in [0.25, 0.3) is 0 Å².